The van der Waals surface area contributed by atoms with Crippen LogP contribution in [0.3, 0.4) is 0 Å². The minimum atomic E-state index is -0.738. The summed E-state index contributed by atoms with van der Waals surface area (Å²) in [5, 5.41) is 5.63. The lowest BCUT2D eigenvalue weighted by atomic mass is 9.97. The van der Waals surface area contributed by atoms with Crippen molar-refractivity contribution in [3.05, 3.63) is 71.5 Å². The molecule has 4 nitrogen and oxygen atoms in total. The van der Waals surface area contributed by atoms with E-state index in [1.807, 2.05) is 51.1 Å². The molecule has 0 aliphatic rings. The van der Waals surface area contributed by atoms with Crippen molar-refractivity contribution in [2.75, 3.05) is 0 Å². The van der Waals surface area contributed by atoms with Gasteiger partial charge >= 0.3 is 0 Å². The number of carbonyl (C=O) groups excluding carboxylic acids is 2. The van der Waals surface area contributed by atoms with Crippen molar-refractivity contribution in [1.29, 1.82) is 0 Å². The number of nitrogens with one attached hydrogen (secondary N) is 2. The molecule has 0 aliphatic heterocycles. The van der Waals surface area contributed by atoms with Gasteiger partial charge in [0.05, 0.1) is 11.6 Å². The van der Waals surface area contributed by atoms with Crippen LogP contribution < -0.4 is 10.6 Å². The standard InChI is InChI=1S/C21H25FN2O2/c1-4-14(2)19(24-20(25)17-12-8-9-13-18(17)22)21(26)23-15(3)16-10-6-5-7-11-16/h5-15,19H,4H2,1-3H3,(H,23,26)(H,24,25). The third kappa shape index (κ3) is 4.91. The van der Waals surface area contributed by atoms with Crippen molar-refractivity contribution in [1.82, 2.24) is 10.6 Å². The maximum Gasteiger partial charge on any atom is 0.254 e. The highest BCUT2D eigenvalue weighted by molar-refractivity contribution is 5.97. The predicted molar refractivity (Wildman–Crippen MR) is 100 cm³/mol. The van der Waals surface area contributed by atoms with Crippen LogP contribution in [-0.4, -0.2) is 17.9 Å². The van der Waals surface area contributed by atoms with E-state index in [4.69, 9.17) is 0 Å². The predicted octanol–water partition coefficient (Wildman–Crippen LogP) is 3.85. The first-order valence-electron chi connectivity index (χ1n) is 8.84. The van der Waals surface area contributed by atoms with Gasteiger partial charge in [-0.15, -0.1) is 0 Å². The lowest BCUT2D eigenvalue weighted by molar-refractivity contribution is -0.124. The van der Waals surface area contributed by atoms with Crippen molar-refractivity contribution in [3.63, 3.8) is 0 Å². The quantitative estimate of drug-likeness (QED) is 0.792. The Morgan fingerprint density at radius 1 is 0.962 bits per heavy atom. The first kappa shape index (κ1) is 19.6. The van der Waals surface area contributed by atoms with Crippen molar-refractivity contribution < 1.29 is 14.0 Å². The van der Waals surface area contributed by atoms with Crippen molar-refractivity contribution >= 4 is 11.8 Å². The van der Waals surface area contributed by atoms with E-state index in [0.717, 1.165) is 5.56 Å². The highest BCUT2D eigenvalue weighted by atomic mass is 19.1. The van der Waals surface area contributed by atoms with E-state index in [1.165, 1.54) is 18.2 Å². The highest BCUT2D eigenvalue weighted by Gasteiger charge is 2.28. The maximum atomic E-state index is 13.8. The summed E-state index contributed by atoms with van der Waals surface area (Å²) < 4.78 is 13.8. The Morgan fingerprint density at radius 2 is 1.58 bits per heavy atom. The first-order valence-corrected chi connectivity index (χ1v) is 8.84. The Balaban J connectivity index is 2.12. The minimum absolute atomic E-state index is 0.0651. The fourth-order valence-electron chi connectivity index (χ4n) is 2.69. The number of benzene rings is 2. The van der Waals surface area contributed by atoms with Gasteiger partial charge < -0.3 is 10.6 Å². The molecule has 3 atom stereocenters. The van der Waals surface area contributed by atoms with Crippen LogP contribution in [0.1, 0.15) is 49.2 Å². The van der Waals surface area contributed by atoms with Gasteiger partial charge in [-0.05, 0) is 30.5 Å². The van der Waals surface area contributed by atoms with Crippen LogP contribution in [0.4, 0.5) is 4.39 Å². The molecule has 2 N–H and O–H groups in total. The molecule has 26 heavy (non-hydrogen) atoms. The van der Waals surface area contributed by atoms with E-state index in [-0.39, 0.29) is 23.4 Å². The lowest BCUT2D eigenvalue weighted by Gasteiger charge is -2.25. The van der Waals surface area contributed by atoms with Gasteiger partial charge in [0, 0.05) is 0 Å². The van der Waals surface area contributed by atoms with Crippen LogP contribution in [0, 0.1) is 11.7 Å². The summed E-state index contributed by atoms with van der Waals surface area (Å²) in [6.45, 7) is 5.72. The van der Waals surface area contributed by atoms with Gasteiger partial charge in [0.1, 0.15) is 11.9 Å². The fourth-order valence-corrected chi connectivity index (χ4v) is 2.69. The maximum absolute atomic E-state index is 13.8. The molecule has 0 radical (unpaired) electrons. The molecule has 0 fully saturated rings. The second-order valence-corrected chi connectivity index (χ2v) is 6.46. The van der Waals surface area contributed by atoms with Gasteiger partial charge in [-0.2, -0.15) is 0 Å². The van der Waals surface area contributed by atoms with Crippen molar-refractivity contribution in [2.45, 2.75) is 39.3 Å². The number of hydrogen-bond donors (Lipinski definition) is 2. The minimum Gasteiger partial charge on any atom is -0.348 e. The zero-order valence-electron chi connectivity index (χ0n) is 15.3. The molecule has 2 amide bonds. The molecule has 3 unspecified atom stereocenters. The SMILES string of the molecule is CCC(C)C(NC(=O)c1ccccc1F)C(=O)NC(C)c1ccccc1. The summed E-state index contributed by atoms with van der Waals surface area (Å²) in [5.74, 6) is -1.56. The Hall–Kier alpha value is -2.69. The summed E-state index contributed by atoms with van der Waals surface area (Å²) in [4.78, 5) is 25.2. The Labute approximate surface area is 153 Å². The molecule has 2 aromatic carbocycles. The van der Waals surface area contributed by atoms with Crippen LogP contribution in [-0.2, 0) is 4.79 Å². The number of rotatable bonds is 7. The van der Waals surface area contributed by atoms with Gasteiger partial charge in [-0.25, -0.2) is 4.39 Å². The molecule has 5 heteroatoms. The van der Waals surface area contributed by atoms with Gasteiger partial charge in [0.2, 0.25) is 5.91 Å². The molecule has 0 saturated heterocycles. The van der Waals surface area contributed by atoms with E-state index in [2.05, 4.69) is 10.6 Å². The summed E-state index contributed by atoms with van der Waals surface area (Å²) in [6.07, 6.45) is 0.704. The van der Waals surface area contributed by atoms with E-state index in [9.17, 15) is 14.0 Å². The molecule has 0 bridgehead atoms. The molecular formula is C21H25FN2O2. The van der Waals surface area contributed by atoms with Crippen LogP contribution >= 0.6 is 0 Å². The van der Waals surface area contributed by atoms with E-state index in [1.54, 1.807) is 6.07 Å². The van der Waals surface area contributed by atoms with Gasteiger partial charge in [0.25, 0.3) is 5.91 Å². The number of halogens is 1. The van der Waals surface area contributed by atoms with Crippen LogP contribution in [0.15, 0.2) is 54.6 Å². The van der Waals surface area contributed by atoms with Gasteiger partial charge in [-0.3, -0.25) is 9.59 Å². The highest BCUT2D eigenvalue weighted by Crippen LogP contribution is 2.15. The second kappa shape index (κ2) is 9.13. The first-order chi connectivity index (χ1) is 12.4. The zero-order valence-corrected chi connectivity index (χ0v) is 15.3. The number of amides is 2. The third-order valence-electron chi connectivity index (χ3n) is 4.56. The normalized spacial score (nSPS) is 14.2. The van der Waals surface area contributed by atoms with Crippen LogP contribution in [0.5, 0.6) is 0 Å². The van der Waals surface area contributed by atoms with Crippen molar-refractivity contribution in [2.24, 2.45) is 5.92 Å². The summed E-state index contributed by atoms with van der Waals surface area (Å²) >= 11 is 0. The molecule has 0 heterocycles. The number of carbonyl (C=O) groups is 2. The second-order valence-electron chi connectivity index (χ2n) is 6.46. The molecule has 2 aromatic rings. The van der Waals surface area contributed by atoms with E-state index < -0.39 is 17.8 Å². The third-order valence-corrected chi connectivity index (χ3v) is 4.56. The molecule has 0 aromatic heterocycles. The molecular weight excluding hydrogens is 331 g/mol. The lowest BCUT2D eigenvalue weighted by Crippen LogP contribution is -2.50. The van der Waals surface area contributed by atoms with Crippen LogP contribution in [0.25, 0.3) is 0 Å². The average Bonchev–Trinajstić information content (AvgIpc) is 2.66. The summed E-state index contributed by atoms with van der Waals surface area (Å²) in [6, 6.07) is 14.4. The fraction of sp³-hybridized carbons (Fsp3) is 0.333. The molecule has 2 rings (SSSR count). The average molecular weight is 356 g/mol. The van der Waals surface area contributed by atoms with Crippen LogP contribution in [0.2, 0.25) is 0 Å². The Morgan fingerprint density at radius 3 is 2.19 bits per heavy atom. The zero-order chi connectivity index (χ0) is 19.1. The van der Waals surface area contributed by atoms with Crippen molar-refractivity contribution in [3.8, 4) is 0 Å². The largest absolute Gasteiger partial charge is 0.348 e. The Bertz CT molecular complexity index is 749. The summed E-state index contributed by atoms with van der Waals surface area (Å²) in [5.41, 5.74) is 0.911. The summed E-state index contributed by atoms with van der Waals surface area (Å²) in [7, 11) is 0. The smallest absolute Gasteiger partial charge is 0.254 e. The molecule has 0 spiro atoms. The van der Waals surface area contributed by atoms with Gasteiger partial charge in [0.15, 0.2) is 0 Å². The Kier molecular flexibility index (Phi) is 6.89. The topological polar surface area (TPSA) is 58.2 Å². The van der Waals surface area contributed by atoms with E-state index >= 15 is 0 Å². The molecule has 138 valence electrons. The molecule has 0 aliphatic carbocycles. The van der Waals surface area contributed by atoms with Gasteiger partial charge in [-0.1, -0.05) is 62.7 Å². The van der Waals surface area contributed by atoms with E-state index in [0.29, 0.717) is 6.42 Å². The monoisotopic (exact) mass is 356 g/mol. The molecule has 0 saturated carbocycles. The number of hydrogen-bond acceptors (Lipinski definition) is 2.